The Morgan fingerprint density at radius 2 is 2.25 bits per heavy atom. The van der Waals surface area contributed by atoms with Crippen molar-refractivity contribution in [3.05, 3.63) is 22.2 Å². The van der Waals surface area contributed by atoms with Gasteiger partial charge in [-0.1, -0.05) is 0 Å². The molecule has 0 fully saturated rings. The van der Waals surface area contributed by atoms with Gasteiger partial charge in [0.15, 0.2) is 11.5 Å². The smallest absolute Gasteiger partial charge is 0.172 e. The van der Waals surface area contributed by atoms with Gasteiger partial charge in [-0.05, 0) is 33.6 Å². The second-order valence-electron chi connectivity index (χ2n) is 2.26. The fourth-order valence-electron chi connectivity index (χ4n) is 0.860. The predicted octanol–water partition coefficient (Wildman–Crippen LogP) is 2.63. The minimum absolute atomic E-state index is 0.00491. The number of benzene rings is 1. The van der Waals surface area contributed by atoms with Gasteiger partial charge in [-0.2, -0.15) is 0 Å². The number of phenols is 1. The molecule has 0 aliphatic heterocycles. The molecule has 0 aliphatic carbocycles. The first-order valence-electron chi connectivity index (χ1n) is 3.30. The van der Waals surface area contributed by atoms with Gasteiger partial charge in [-0.25, -0.2) is 4.39 Å². The van der Waals surface area contributed by atoms with Gasteiger partial charge >= 0.3 is 0 Å². The first kappa shape index (κ1) is 9.32. The predicted molar refractivity (Wildman–Crippen MR) is 47.2 cm³/mol. The van der Waals surface area contributed by atoms with Crippen LogP contribution in [0.1, 0.15) is 5.56 Å². The van der Waals surface area contributed by atoms with Gasteiger partial charge in [-0.15, -0.1) is 0 Å². The van der Waals surface area contributed by atoms with Crippen molar-refractivity contribution in [2.45, 2.75) is 6.67 Å². The van der Waals surface area contributed by atoms with Crippen molar-refractivity contribution in [1.29, 1.82) is 0 Å². The van der Waals surface area contributed by atoms with Crippen molar-refractivity contribution in [1.82, 2.24) is 0 Å². The molecule has 1 N–H and O–H groups in total. The van der Waals surface area contributed by atoms with E-state index in [1.165, 1.54) is 19.2 Å². The normalized spacial score (nSPS) is 9.92. The first-order chi connectivity index (χ1) is 5.69. The monoisotopic (exact) mass is 234 g/mol. The zero-order valence-electron chi connectivity index (χ0n) is 6.47. The lowest BCUT2D eigenvalue weighted by Gasteiger charge is -2.06. The molecule has 0 aliphatic rings. The Balaban J connectivity index is 3.19. The van der Waals surface area contributed by atoms with Crippen LogP contribution in [-0.4, -0.2) is 12.2 Å². The molecule has 0 atom stereocenters. The molecule has 0 amide bonds. The van der Waals surface area contributed by atoms with E-state index < -0.39 is 6.67 Å². The quantitative estimate of drug-likeness (QED) is 0.853. The van der Waals surface area contributed by atoms with Crippen molar-refractivity contribution in [2.24, 2.45) is 0 Å². The van der Waals surface area contributed by atoms with Crippen LogP contribution in [0.2, 0.25) is 0 Å². The summed E-state index contributed by atoms with van der Waals surface area (Å²) in [4.78, 5) is 0. The van der Waals surface area contributed by atoms with Gasteiger partial charge in [0, 0.05) is 0 Å². The third-order valence-corrected chi connectivity index (χ3v) is 2.07. The molecular formula is C8H8BrFO2. The zero-order valence-corrected chi connectivity index (χ0v) is 8.06. The molecule has 0 bridgehead atoms. The average Bonchev–Trinajstić information content (AvgIpc) is 2.09. The average molecular weight is 235 g/mol. The standard InChI is InChI=1S/C8H8BrFO2/c1-12-7-3-5(4-10)2-6(9)8(7)11/h2-3,11H,4H2,1H3. The van der Waals surface area contributed by atoms with E-state index in [0.29, 0.717) is 10.0 Å². The second-order valence-corrected chi connectivity index (χ2v) is 3.12. The first-order valence-corrected chi connectivity index (χ1v) is 4.09. The van der Waals surface area contributed by atoms with Gasteiger partial charge < -0.3 is 9.84 Å². The molecule has 1 rings (SSSR count). The molecule has 66 valence electrons. The van der Waals surface area contributed by atoms with Crippen molar-refractivity contribution in [3.63, 3.8) is 0 Å². The maximum Gasteiger partial charge on any atom is 0.172 e. The number of methoxy groups -OCH3 is 1. The Kier molecular flexibility index (Phi) is 2.92. The Morgan fingerprint density at radius 3 is 2.75 bits per heavy atom. The number of hydrogen-bond donors (Lipinski definition) is 1. The highest BCUT2D eigenvalue weighted by atomic mass is 79.9. The summed E-state index contributed by atoms with van der Waals surface area (Å²) in [5.41, 5.74) is 0.469. The zero-order chi connectivity index (χ0) is 9.14. The van der Waals surface area contributed by atoms with Crippen molar-refractivity contribution < 1.29 is 14.2 Å². The lowest BCUT2D eigenvalue weighted by Crippen LogP contribution is -1.87. The summed E-state index contributed by atoms with van der Waals surface area (Å²) in [7, 11) is 1.42. The SMILES string of the molecule is COc1cc(CF)cc(Br)c1O. The largest absolute Gasteiger partial charge is 0.503 e. The summed E-state index contributed by atoms with van der Waals surface area (Å²) in [5, 5.41) is 9.32. The van der Waals surface area contributed by atoms with Gasteiger partial charge in [0.1, 0.15) is 6.67 Å². The van der Waals surface area contributed by atoms with Crippen LogP contribution < -0.4 is 4.74 Å². The molecular weight excluding hydrogens is 227 g/mol. The fraction of sp³-hybridized carbons (Fsp3) is 0.250. The number of hydrogen-bond acceptors (Lipinski definition) is 2. The number of phenolic OH excluding ortho intramolecular Hbond substituents is 1. The third-order valence-electron chi connectivity index (χ3n) is 1.46. The molecule has 0 radical (unpaired) electrons. The molecule has 0 saturated carbocycles. The second kappa shape index (κ2) is 3.76. The van der Waals surface area contributed by atoms with E-state index in [-0.39, 0.29) is 11.5 Å². The Morgan fingerprint density at radius 1 is 1.58 bits per heavy atom. The number of ether oxygens (including phenoxy) is 1. The highest BCUT2D eigenvalue weighted by Crippen LogP contribution is 2.35. The number of halogens is 2. The molecule has 4 heteroatoms. The Labute approximate surface area is 78.1 Å². The minimum atomic E-state index is -0.574. The lowest BCUT2D eigenvalue weighted by atomic mass is 10.2. The van der Waals surface area contributed by atoms with Crippen LogP contribution >= 0.6 is 15.9 Å². The van der Waals surface area contributed by atoms with E-state index in [4.69, 9.17) is 4.74 Å². The van der Waals surface area contributed by atoms with E-state index in [1.807, 2.05) is 0 Å². The highest BCUT2D eigenvalue weighted by Gasteiger charge is 2.07. The minimum Gasteiger partial charge on any atom is -0.503 e. The van der Waals surface area contributed by atoms with E-state index >= 15 is 0 Å². The molecule has 0 aromatic heterocycles. The van der Waals surface area contributed by atoms with E-state index in [1.54, 1.807) is 0 Å². The van der Waals surface area contributed by atoms with Crippen molar-refractivity contribution in [2.75, 3.05) is 7.11 Å². The third kappa shape index (κ3) is 1.69. The van der Waals surface area contributed by atoms with E-state index in [0.717, 1.165) is 0 Å². The molecule has 1 aromatic carbocycles. The summed E-state index contributed by atoms with van der Waals surface area (Å²) in [6, 6.07) is 2.97. The summed E-state index contributed by atoms with van der Waals surface area (Å²) >= 11 is 3.08. The summed E-state index contributed by atoms with van der Waals surface area (Å²) < 4.78 is 17.5. The molecule has 0 unspecified atom stereocenters. The van der Waals surface area contributed by atoms with Crippen LogP contribution in [0.5, 0.6) is 11.5 Å². The van der Waals surface area contributed by atoms with Crippen LogP contribution in [0.15, 0.2) is 16.6 Å². The van der Waals surface area contributed by atoms with Gasteiger partial charge in [0.2, 0.25) is 0 Å². The summed E-state index contributed by atoms with van der Waals surface area (Å²) in [6.45, 7) is -0.574. The maximum atomic E-state index is 12.2. The highest BCUT2D eigenvalue weighted by molar-refractivity contribution is 9.10. The molecule has 1 aromatic rings. The Bertz CT molecular complexity index is 289. The fourth-order valence-corrected chi connectivity index (χ4v) is 1.35. The Hall–Kier alpha value is -0.770. The van der Waals surface area contributed by atoms with Crippen LogP contribution in [0.4, 0.5) is 4.39 Å². The van der Waals surface area contributed by atoms with Crippen molar-refractivity contribution >= 4 is 15.9 Å². The van der Waals surface area contributed by atoms with Crippen LogP contribution in [0.25, 0.3) is 0 Å². The van der Waals surface area contributed by atoms with Gasteiger partial charge in [0.05, 0.1) is 11.6 Å². The molecule has 12 heavy (non-hydrogen) atoms. The number of aromatic hydroxyl groups is 1. The topological polar surface area (TPSA) is 29.5 Å². The van der Waals surface area contributed by atoms with Crippen LogP contribution in [0.3, 0.4) is 0 Å². The number of alkyl halides is 1. The van der Waals surface area contributed by atoms with E-state index in [9.17, 15) is 9.50 Å². The number of rotatable bonds is 2. The van der Waals surface area contributed by atoms with E-state index in [2.05, 4.69) is 15.9 Å². The lowest BCUT2D eigenvalue weighted by molar-refractivity contribution is 0.370. The maximum absolute atomic E-state index is 12.2. The molecule has 2 nitrogen and oxygen atoms in total. The van der Waals surface area contributed by atoms with Crippen molar-refractivity contribution in [3.8, 4) is 11.5 Å². The van der Waals surface area contributed by atoms with Gasteiger partial charge in [0.25, 0.3) is 0 Å². The van der Waals surface area contributed by atoms with Gasteiger partial charge in [-0.3, -0.25) is 0 Å². The van der Waals surface area contributed by atoms with Crippen LogP contribution in [0, 0.1) is 0 Å². The summed E-state index contributed by atoms with van der Waals surface area (Å²) in [5.74, 6) is 0.270. The molecule has 0 saturated heterocycles. The molecule has 0 spiro atoms. The molecule has 0 heterocycles. The summed E-state index contributed by atoms with van der Waals surface area (Å²) in [6.07, 6.45) is 0. The van der Waals surface area contributed by atoms with Crippen LogP contribution in [-0.2, 0) is 6.67 Å².